The number of nitrogens with two attached hydrogens (primary N) is 1. The van der Waals surface area contributed by atoms with Crippen LogP contribution in [0.15, 0.2) is 12.1 Å². The summed E-state index contributed by atoms with van der Waals surface area (Å²) >= 11 is 0. The summed E-state index contributed by atoms with van der Waals surface area (Å²) in [4.78, 5) is 17.0. The molecule has 3 rings (SSSR count). The minimum atomic E-state index is -0.380. The molecule has 2 aliphatic rings. The minimum absolute atomic E-state index is 0.0570. The first-order valence-electron chi connectivity index (χ1n) is 6.07. The second kappa shape index (κ2) is 4.09. The second-order valence-electron chi connectivity index (χ2n) is 4.93. The molecule has 2 fully saturated rings. The summed E-state index contributed by atoms with van der Waals surface area (Å²) in [6, 6.07) is 3.38. The Bertz CT molecular complexity index is 492. The maximum absolute atomic E-state index is 11.1. The van der Waals surface area contributed by atoms with Gasteiger partial charge in [-0.25, -0.2) is 10.8 Å². The maximum atomic E-state index is 11.1. The number of anilines is 2. The molecule has 0 radical (unpaired) electrons. The third-order valence-electron chi connectivity index (χ3n) is 3.88. The standard InChI is InChI=1S/C11H15N5O2/c12-14-10-4-3-9(16(17)18)11(13-10)15-6-7-1-2-8(15)5-7/h3-4,7-8H,1-2,5-6,12H2,(H,13,14). The average molecular weight is 249 g/mol. The minimum Gasteiger partial charge on any atom is -0.348 e. The highest BCUT2D eigenvalue weighted by Crippen LogP contribution is 2.42. The number of hydrazine groups is 1. The first-order chi connectivity index (χ1) is 8.69. The molecular weight excluding hydrogens is 234 g/mol. The summed E-state index contributed by atoms with van der Waals surface area (Å²) in [5.41, 5.74) is 2.50. The Labute approximate surface area is 104 Å². The highest BCUT2D eigenvalue weighted by Gasteiger charge is 2.40. The molecule has 2 bridgehead atoms. The van der Waals surface area contributed by atoms with E-state index in [0.29, 0.717) is 23.6 Å². The lowest BCUT2D eigenvalue weighted by atomic mass is 10.1. The van der Waals surface area contributed by atoms with Gasteiger partial charge in [-0.3, -0.25) is 10.1 Å². The molecular formula is C11H15N5O2. The molecule has 2 unspecified atom stereocenters. The predicted molar refractivity (Wildman–Crippen MR) is 67.2 cm³/mol. The van der Waals surface area contributed by atoms with Crippen LogP contribution >= 0.6 is 0 Å². The van der Waals surface area contributed by atoms with Gasteiger partial charge in [-0.1, -0.05) is 0 Å². The number of nitrogens with zero attached hydrogens (tertiary/aromatic N) is 3. The van der Waals surface area contributed by atoms with Crippen molar-refractivity contribution in [3.8, 4) is 0 Å². The Kier molecular flexibility index (Phi) is 2.55. The number of pyridine rings is 1. The average Bonchev–Trinajstić information content (AvgIpc) is 3.00. The molecule has 18 heavy (non-hydrogen) atoms. The zero-order chi connectivity index (χ0) is 12.7. The molecule has 7 nitrogen and oxygen atoms in total. The zero-order valence-corrected chi connectivity index (χ0v) is 9.87. The normalized spacial score (nSPS) is 25.5. The van der Waals surface area contributed by atoms with Crippen LogP contribution < -0.4 is 16.2 Å². The number of rotatable bonds is 3. The van der Waals surface area contributed by atoms with E-state index in [4.69, 9.17) is 5.84 Å². The van der Waals surface area contributed by atoms with Crippen molar-refractivity contribution in [2.75, 3.05) is 16.9 Å². The third kappa shape index (κ3) is 1.67. The quantitative estimate of drug-likeness (QED) is 0.475. The van der Waals surface area contributed by atoms with Crippen molar-refractivity contribution in [1.82, 2.24) is 4.98 Å². The van der Waals surface area contributed by atoms with Gasteiger partial charge in [-0.2, -0.15) is 0 Å². The fourth-order valence-electron chi connectivity index (χ4n) is 3.06. The topological polar surface area (TPSA) is 97.3 Å². The molecule has 7 heteroatoms. The molecule has 3 N–H and O–H groups in total. The van der Waals surface area contributed by atoms with Gasteiger partial charge in [-0.15, -0.1) is 0 Å². The number of hydrogen-bond donors (Lipinski definition) is 2. The van der Waals surface area contributed by atoms with Gasteiger partial charge in [0.05, 0.1) is 4.92 Å². The van der Waals surface area contributed by atoms with Crippen molar-refractivity contribution >= 4 is 17.3 Å². The Morgan fingerprint density at radius 3 is 2.89 bits per heavy atom. The molecule has 0 spiro atoms. The first kappa shape index (κ1) is 11.2. The maximum Gasteiger partial charge on any atom is 0.311 e. The van der Waals surface area contributed by atoms with Gasteiger partial charge in [0.15, 0.2) is 0 Å². The monoisotopic (exact) mass is 249 g/mol. The van der Waals surface area contributed by atoms with Crippen LogP contribution in [0.5, 0.6) is 0 Å². The summed E-state index contributed by atoms with van der Waals surface area (Å²) in [6.07, 6.45) is 3.45. The van der Waals surface area contributed by atoms with E-state index in [2.05, 4.69) is 15.3 Å². The van der Waals surface area contributed by atoms with Gasteiger partial charge in [0.25, 0.3) is 0 Å². The van der Waals surface area contributed by atoms with Crippen molar-refractivity contribution in [2.45, 2.75) is 25.3 Å². The summed E-state index contributed by atoms with van der Waals surface area (Å²) in [5, 5.41) is 11.1. The van der Waals surface area contributed by atoms with Crippen molar-refractivity contribution in [3.05, 3.63) is 22.2 Å². The molecule has 1 aliphatic heterocycles. The Balaban J connectivity index is 2.00. The van der Waals surface area contributed by atoms with Crippen LogP contribution in [-0.4, -0.2) is 22.5 Å². The van der Waals surface area contributed by atoms with Crippen LogP contribution in [0.4, 0.5) is 17.3 Å². The molecule has 0 aromatic carbocycles. The highest BCUT2D eigenvalue weighted by molar-refractivity contribution is 5.63. The number of piperidine rings is 1. The van der Waals surface area contributed by atoms with Gasteiger partial charge in [-0.05, 0) is 31.2 Å². The van der Waals surface area contributed by atoms with E-state index in [1.807, 2.05) is 0 Å². The Morgan fingerprint density at radius 1 is 1.50 bits per heavy atom. The van der Waals surface area contributed by atoms with E-state index in [1.165, 1.54) is 18.6 Å². The van der Waals surface area contributed by atoms with Crippen molar-refractivity contribution in [1.29, 1.82) is 0 Å². The van der Waals surface area contributed by atoms with E-state index in [-0.39, 0.29) is 10.6 Å². The van der Waals surface area contributed by atoms with E-state index >= 15 is 0 Å². The zero-order valence-electron chi connectivity index (χ0n) is 9.87. The van der Waals surface area contributed by atoms with Crippen LogP contribution in [-0.2, 0) is 0 Å². The molecule has 2 atom stereocenters. The summed E-state index contributed by atoms with van der Waals surface area (Å²) < 4.78 is 0. The van der Waals surface area contributed by atoms with Gasteiger partial charge in [0.2, 0.25) is 5.82 Å². The molecule has 1 aromatic heterocycles. The smallest absolute Gasteiger partial charge is 0.311 e. The van der Waals surface area contributed by atoms with Crippen LogP contribution in [0.2, 0.25) is 0 Å². The predicted octanol–water partition coefficient (Wildman–Crippen LogP) is 1.26. The number of hydrogen-bond acceptors (Lipinski definition) is 6. The van der Waals surface area contributed by atoms with Crippen molar-refractivity contribution in [2.24, 2.45) is 11.8 Å². The molecule has 1 saturated heterocycles. The summed E-state index contributed by atoms with van der Waals surface area (Å²) in [6.45, 7) is 0.868. The Morgan fingerprint density at radius 2 is 2.33 bits per heavy atom. The first-order valence-corrected chi connectivity index (χ1v) is 6.07. The van der Waals surface area contributed by atoms with E-state index in [1.54, 1.807) is 0 Å². The van der Waals surface area contributed by atoms with Crippen LogP contribution in [0, 0.1) is 16.0 Å². The lowest BCUT2D eigenvalue weighted by molar-refractivity contribution is -0.384. The summed E-state index contributed by atoms with van der Waals surface area (Å²) in [7, 11) is 0. The SMILES string of the molecule is NNc1ccc([N+](=O)[O-])c(N2CC3CCC2C3)n1. The number of nitro groups is 1. The Hall–Kier alpha value is -1.89. The highest BCUT2D eigenvalue weighted by atomic mass is 16.6. The number of fused-ring (bicyclic) bond motifs is 2. The molecule has 1 aromatic rings. The van der Waals surface area contributed by atoms with Gasteiger partial charge in [0, 0.05) is 18.7 Å². The van der Waals surface area contributed by atoms with Gasteiger partial charge < -0.3 is 10.3 Å². The molecule has 96 valence electrons. The fraction of sp³-hybridized carbons (Fsp3) is 0.545. The lowest BCUT2D eigenvalue weighted by Gasteiger charge is -2.27. The largest absolute Gasteiger partial charge is 0.348 e. The van der Waals surface area contributed by atoms with Crippen LogP contribution in [0.3, 0.4) is 0 Å². The second-order valence-corrected chi connectivity index (χ2v) is 4.93. The molecule has 0 amide bonds. The lowest BCUT2D eigenvalue weighted by Crippen LogP contribution is -2.33. The number of aromatic nitrogens is 1. The third-order valence-corrected chi connectivity index (χ3v) is 3.88. The molecule has 1 aliphatic carbocycles. The summed E-state index contributed by atoms with van der Waals surface area (Å²) in [5.74, 6) is 6.88. The van der Waals surface area contributed by atoms with Gasteiger partial charge in [0.1, 0.15) is 5.82 Å². The fourth-order valence-corrected chi connectivity index (χ4v) is 3.06. The van der Waals surface area contributed by atoms with Gasteiger partial charge >= 0.3 is 5.69 Å². The van der Waals surface area contributed by atoms with E-state index < -0.39 is 0 Å². The molecule has 1 saturated carbocycles. The van der Waals surface area contributed by atoms with Crippen molar-refractivity contribution < 1.29 is 4.92 Å². The van der Waals surface area contributed by atoms with E-state index in [0.717, 1.165) is 19.4 Å². The van der Waals surface area contributed by atoms with Crippen molar-refractivity contribution in [3.63, 3.8) is 0 Å². The van der Waals surface area contributed by atoms with Crippen LogP contribution in [0.1, 0.15) is 19.3 Å². The van der Waals surface area contributed by atoms with Crippen LogP contribution in [0.25, 0.3) is 0 Å². The number of nitrogens with one attached hydrogen (secondary N) is 1. The number of nitrogen functional groups attached to an aromatic ring is 1. The van der Waals surface area contributed by atoms with E-state index in [9.17, 15) is 10.1 Å². The molecule has 2 heterocycles.